The largest absolute Gasteiger partial charge is 0.480 e. The Hall–Kier alpha value is -1.42. The van der Waals surface area contributed by atoms with Crippen LogP contribution < -0.4 is 5.32 Å². The summed E-state index contributed by atoms with van der Waals surface area (Å²) in [5.41, 5.74) is 2.27. The summed E-state index contributed by atoms with van der Waals surface area (Å²) < 4.78 is 0. The first-order valence-electron chi connectivity index (χ1n) is 6.11. The van der Waals surface area contributed by atoms with Crippen molar-refractivity contribution in [2.24, 2.45) is 0 Å². The highest BCUT2D eigenvalue weighted by Gasteiger charge is 2.28. The Morgan fingerprint density at radius 3 is 2.88 bits per heavy atom. The standard InChI is InChI=1S/C13H18N2O2/c1-2-9-3-4-10(14-8-9)7-11-5-6-12(15-11)13(16)17/h3-4,8,11-12,15H,2,5-7H2,1H3,(H,16,17). The molecule has 0 aliphatic carbocycles. The SMILES string of the molecule is CCc1ccc(CC2CCC(C(=O)O)N2)nc1. The van der Waals surface area contributed by atoms with Crippen LogP contribution in [-0.4, -0.2) is 28.1 Å². The lowest BCUT2D eigenvalue weighted by Gasteiger charge is -2.11. The first-order valence-corrected chi connectivity index (χ1v) is 6.11. The lowest BCUT2D eigenvalue weighted by molar-refractivity contribution is -0.139. The van der Waals surface area contributed by atoms with E-state index in [1.165, 1.54) is 5.56 Å². The molecule has 1 saturated heterocycles. The maximum absolute atomic E-state index is 10.8. The molecule has 1 aliphatic heterocycles. The summed E-state index contributed by atoms with van der Waals surface area (Å²) in [6.07, 6.45) is 5.34. The van der Waals surface area contributed by atoms with Gasteiger partial charge in [0, 0.05) is 24.4 Å². The zero-order chi connectivity index (χ0) is 12.3. The minimum Gasteiger partial charge on any atom is -0.480 e. The van der Waals surface area contributed by atoms with Crippen LogP contribution in [0.4, 0.5) is 0 Å². The summed E-state index contributed by atoms with van der Waals surface area (Å²) in [5, 5.41) is 12.0. The first kappa shape index (κ1) is 12.0. The number of carboxylic acids is 1. The van der Waals surface area contributed by atoms with Crippen molar-refractivity contribution in [2.75, 3.05) is 0 Å². The smallest absolute Gasteiger partial charge is 0.320 e. The molecule has 2 rings (SSSR count). The van der Waals surface area contributed by atoms with E-state index in [-0.39, 0.29) is 12.1 Å². The van der Waals surface area contributed by atoms with Gasteiger partial charge >= 0.3 is 5.97 Å². The molecule has 0 spiro atoms. The third kappa shape index (κ3) is 3.03. The van der Waals surface area contributed by atoms with Crippen LogP contribution in [0.25, 0.3) is 0 Å². The quantitative estimate of drug-likeness (QED) is 0.826. The Morgan fingerprint density at radius 1 is 1.53 bits per heavy atom. The van der Waals surface area contributed by atoms with Crippen molar-refractivity contribution in [3.8, 4) is 0 Å². The molecule has 1 aromatic heterocycles. The zero-order valence-corrected chi connectivity index (χ0v) is 10.0. The highest BCUT2D eigenvalue weighted by Crippen LogP contribution is 2.16. The number of aromatic nitrogens is 1. The van der Waals surface area contributed by atoms with Crippen LogP contribution in [-0.2, 0) is 17.6 Å². The van der Waals surface area contributed by atoms with Gasteiger partial charge in [0.15, 0.2) is 0 Å². The number of carboxylic acid groups (broad SMARTS) is 1. The maximum atomic E-state index is 10.8. The molecule has 1 fully saturated rings. The van der Waals surface area contributed by atoms with Crippen LogP contribution in [0.5, 0.6) is 0 Å². The van der Waals surface area contributed by atoms with Gasteiger partial charge in [-0.2, -0.15) is 0 Å². The summed E-state index contributed by atoms with van der Waals surface area (Å²) in [5.74, 6) is -0.748. The maximum Gasteiger partial charge on any atom is 0.320 e. The molecule has 0 saturated carbocycles. The fourth-order valence-corrected chi connectivity index (χ4v) is 2.21. The highest BCUT2D eigenvalue weighted by molar-refractivity contribution is 5.73. The number of aryl methyl sites for hydroxylation is 1. The molecular weight excluding hydrogens is 216 g/mol. The summed E-state index contributed by atoms with van der Waals surface area (Å²) >= 11 is 0. The molecule has 2 unspecified atom stereocenters. The number of rotatable bonds is 4. The number of pyridine rings is 1. The van der Waals surface area contributed by atoms with E-state index in [0.29, 0.717) is 6.42 Å². The molecule has 2 atom stereocenters. The van der Waals surface area contributed by atoms with Gasteiger partial charge in [0.2, 0.25) is 0 Å². The molecule has 4 heteroatoms. The molecular formula is C13H18N2O2. The fourth-order valence-electron chi connectivity index (χ4n) is 2.21. The molecule has 2 heterocycles. The van der Waals surface area contributed by atoms with E-state index in [1.807, 2.05) is 12.3 Å². The third-order valence-corrected chi connectivity index (χ3v) is 3.29. The Morgan fingerprint density at radius 2 is 2.35 bits per heavy atom. The van der Waals surface area contributed by atoms with E-state index >= 15 is 0 Å². The highest BCUT2D eigenvalue weighted by atomic mass is 16.4. The van der Waals surface area contributed by atoms with Crippen LogP contribution in [0.2, 0.25) is 0 Å². The van der Waals surface area contributed by atoms with Crippen LogP contribution in [0.1, 0.15) is 31.0 Å². The van der Waals surface area contributed by atoms with Gasteiger partial charge < -0.3 is 10.4 Å². The van der Waals surface area contributed by atoms with Gasteiger partial charge in [-0.3, -0.25) is 9.78 Å². The topological polar surface area (TPSA) is 62.2 Å². The lowest BCUT2D eigenvalue weighted by Crippen LogP contribution is -2.36. The van der Waals surface area contributed by atoms with E-state index in [2.05, 4.69) is 23.3 Å². The van der Waals surface area contributed by atoms with Gasteiger partial charge in [0.05, 0.1) is 0 Å². The van der Waals surface area contributed by atoms with Crippen molar-refractivity contribution in [2.45, 2.75) is 44.7 Å². The van der Waals surface area contributed by atoms with E-state index in [9.17, 15) is 4.79 Å². The van der Waals surface area contributed by atoms with Gasteiger partial charge in [-0.05, 0) is 30.9 Å². The monoisotopic (exact) mass is 234 g/mol. The van der Waals surface area contributed by atoms with E-state index in [0.717, 1.165) is 25.0 Å². The van der Waals surface area contributed by atoms with Crippen LogP contribution >= 0.6 is 0 Å². The van der Waals surface area contributed by atoms with Crippen molar-refractivity contribution in [3.05, 3.63) is 29.6 Å². The molecule has 17 heavy (non-hydrogen) atoms. The molecule has 0 aromatic carbocycles. The first-order chi connectivity index (χ1) is 8.19. The average molecular weight is 234 g/mol. The van der Waals surface area contributed by atoms with Gasteiger partial charge in [-0.1, -0.05) is 13.0 Å². The molecule has 0 radical (unpaired) electrons. The summed E-state index contributed by atoms with van der Waals surface area (Å²) in [6.45, 7) is 2.10. The normalized spacial score (nSPS) is 23.8. The van der Waals surface area contributed by atoms with Crippen molar-refractivity contribution >= 4 is 5.97 Å². The number of carbonyl (C=O) groups is 1. The minimum atomic E-state index is -0.748. The predicted octanol–water partition coefficient (Wildman–Crippen LogP) is 1.39. The van der Waals surface area contributed by atoms with E-state index in [1.54, 1.807) is 0 Å². The predicted molar refractivity (Wildman–Crippen MR) is 64.9 cm³/mol. The summed E-state index contributed by atoms with van der Waals surface area (Å²) in [6, 6.07) is 3.99. The van der Waals surface area contributed by atoms with Crippen molar-refractivity contribution < 1.29 is 9.90 Å². The van der Waals surface area contributed by atoms with Crippen LogP contribution in [0.3, 0.4) is 0 Å². The fraction of sp³-hybridized carbons (Fsp3) is 0.538. The molecule has 4 nitrogen and oxygen atoms in total. The number of nitrogens with zero attached hydrogens (tertiary/aromatic N) is 1. The molecule has 1 aliphatic rings. The van der Waals surface area contributed by atoms with Crippen LogP contribution in [0.15, 0.2) is 18.3 Å². The second-order valence-corrected chi connectivity index (χ2v) is 4.55. The Labute approximate surface area is 101 Å². The average Bonchev–Trinajstić information content (AvgIpc) is 2.79. The molecule has 0 amide bonds. The van der Waals surface area contributed by atoms with Crippen molar-refractivity contribution in [1.82, 2.24) is 10.3 Å². The molecule has 92 valence electrons. The third-order valence-electron chi connectivity index (χ3n) is 3.29. The Kier molecular flexibility index (Phi) is 3.74. The number of hydrogen-bond donors (Lipinski definition) is 2. The lowest BCUT2D eigenvalue weighted by atomic mass is 10.1. The molecule has 2 N–H and O–H groups in total. The second-order valence-electron chi connectivity index (χ2n) is 4.55. The van der Waals surface area contributed by atoms with Crippen molar-refractivity contribution in [1.29, 1.82) is 0 Å². The molecule has 1 aromatic rings. The molecule has 0 bridgehead atoms. The minimum absolute atomic E-state index is 0.246. The van der Waals surface area contributed by atoms with E-state index in [4.69, 9.17) is 5.11 Å². The Bertz CT molecular complexity index is 389. The van der Waals surface area contributed by atoms with Gasteiger partial charge in [0.1, 0.15) is 6.04 Å². The second kappa shape index (κ2) is 5.27. The van der Waals surface area contributed by atoms with Gasteiger partial charge in [-0.15, -0.1) is 0 Å². The number of nitrogens with one attached hydrogen (secondary N) is 1. The van der Waals surface area contributed by atoms with Crippen LogP contribution in [0, 0.1) is 0 Å². The summed E-state index contributed by atoms with van der Waals surface area (Å²) in [7, 11) is 0. The van der Waals surface area contributed by atoms with Gasteiger partial charge in [-0.25, -0.2) is 0 Å². The van der Waals surface area contributed by atoms with Gasteiger partial charge in [0.25, 0.3) is 0 Å². The zero-order valence-electron chi connectivity index (χ0n) is 10.0. The van der Waals surface area contributed by atoms with E-state index < -0.39 is 5.97 Å². The Balaban J connectivity index is 1.91. The number of hydrogen-bond acceptors (Lipinski definition) is 3. The summed E-state index contributed by atoms with van der Waals surface area (Å²) in [4.78, 5) is 15.2. The number of aliphatic carboxylic acids is 1. The van der Waals surface area contributed by atoms with Crippen molar-refractivity contribution in [3.63, 3.8) is 0 Å².